The van der Waals surface area contributed by atoms with Crippen molar-refractivity contribution in [1.82, 2.24) is 0 Å². The van der Waals surface area contributed by atoms with Gasteiger partial charge in [-0.25, -0.2) is 9.80 Å². The lowest BCUT2D eigenvalue weighted by atomic mass is 9.72. The first-order valence-corrected chi connectivity index (χ1v) is 22.0. The molecule has 4 amide bonds. The highest BCUT2D eigenvalue weighted by molar-refractivity contribution is 6.29. The number of aryl methyl sites for hydroxylation is 4. The Labute approximate surface area is 357 Å². The second kappa shape index (κ2) is 15.6. The average Bonchev–Trinajstić information content (AvgIpc) is 3.80. The van der Waals surface area contributed by atoms with Crippen LogP contribution in [0.1, 0.15) is 144 Å². The van der Waals surface area contributed by atoms with E-state index in [1.54, 1.807) is 0 Å². The molecule has 0 radical (unpaired) electrons. The Morgan fingerprint density at radius 2 is 0.917 bits per heavy atom. The molecule has 4 aromatic carbocycles. The summed E-state index contributed by atoms with van der Waals surface area (Å²) in [6.45, 7) is 24.8. The van der Waals surface area contributed by atoms with Crippen molar-refractivity contribution >= 4 is 35.0 Å². The van der Waals surface area contributed by atoms with E-state index in [9.17, 15) is 19.2 Å². The summed E-state index contributed by atoms with van der Waals surface area (Å²) in [6, 6.07) is 25.2. The maximum atomic E-state index is 12.7. The number of carbonyl (C=O) groups excluding carboxylic acids is 4. The van der Waals surface area contributed by atoms with Gasteiger partial charge in [0, 0.05) is 29.7 Å². The van der Waals surface area contributed by atoms with Gasteiger partial charge in [-0.2, -0.15) is 0 Å². The predicted octanol–water partition coefficient (Wildman–Crippen LogP) is 10.8. The fourth-order valence-electron chi connectivity index (χ4n) is 10.6. The molecule has 0 fully saturated rings. The minimum absolute atomic E-state index is 0.0422. The van der Waals surface area contributed by atoms with Crippen molar-refractivity contribution in [1.29, 1.82) is 0 Å². The summed E-state index contributed by atoms with van der Waals surface area (Å²) in [5.41, 5.74) is 14.2. The number of rotatable bonds is 13. The standard InChI is InChI=1S/C54H62N2O4/c1-12-36-25-34(26-37(13-2)49(36)55-45(57)21-22-46(55)58)31-51(5,6)40-17-16-18-42(29-40)54(11)33-53(9,10)44-30-41(19-20-43(44)54)52(7,8)32-35-27-38(14-3)50(39(15-4)28-35)56-47(59)23-24-48(56)60/h16-30H,12-15,31-33H2,1-11H3. The predicted molar refractivity (Wildman–Crippen MR) is 244 cm³/mol. The fourth-order valence-corrected chi connectivity index (χ4v) is 10.6. The van der Waals surface area contributed by atoms with Crippen LogP contribution in [0, 0.1) is 0 Å². The fraction of sp³-hybridized carbons (Fsp3) is 0.407. The molecular weight excluding hydrogens is 741 g/mol. The van der Waals surface area contributed by atoms with Crippen molar-refractivity contribution < 1.29 is 19.2 Å². The molecule has 4 aromatic rings. The largest absolute Gasteiger partial charge is 0.269 e. The van der Waals surface area contributed by atoms with Gasteiger partial charge in [0.05, 0.1) is 11.4 Å². The van der Waals surface area contributed by atoms with E-state index < -0.39 is 0 Å². The SMILES string of the molecule is CCc1cc(CC(C)(C)c2cccc(C3(C)CC(C)(C)c4cc(C(C)(C)Cc5cc(CC)c(N6C(=O)C=CC6=O)c(CC)c5)ccc43)c2)cc(CC)c1N1C(=O)C=CC1=O. The van der Waals surface area contributed by atoms with Crippen LogP contribution in [0.2, 0.25) is 0 Å². The van der Waals surface area contributed by atoms with Crippen LogP contribution in [0.5, 0.6) is 0 Å². The second-order valence-corrected chi connectivity index (χ2v) is 19.5. The third kappa shape index (κ3) is 7.41. The lowest BCUT2D eigenvalue weighted by molar-refractivity contribution is -0.121. The number of anilines is 2. The second-order valence-electron chi connectivity index (χ2n) is 19.5. The molecule has 7 rings (SSSR count). The molecular formula is C54H62N2O4. The van der Waals surface area contributed by atoms with Crippen LogP contribution in [0.4, 0.5) is 11.4 Å². The van der Waals surface area contributed by atoms with Gasteiger partial charge in [-0.3, -0.25) is 19.2 Å². The molecule has 0 aromatic heterocycles. The molecule has 1 unspecified atom stereocenters. The molecule has 6 nitrogen and oxygen atoms in total. The van der Waals surface area contributed by atoms with Crippen LogP contribution in [-0.4, -0.2) is 23.6 Å². The monoisotopic (exact) mass is 802 g/mol. The van der Waals surface area contributed by atoms with Crippen LogP contribution in [0.25, 0.3) is 0 Å². The molecule has 0 bridgehead atoms. The van der Waals surface area contributed by atoms with Crippen molar-refractivity contribution in [3.63, 3.8) is 0 Å². The van der Waals surface area contributed by atoms with E-state index in [0.29, 0.717) is 0 Å². The smallest absolute Gasteiger partial charge is 0.258 e. The lowest BCUT2D eigenvalue weighted by Crippen LogP contribution is -2.32. The van der Waals surface area contributed by atoms with Gasteiger partial charge in [-0.15, -0.1) is 0 Å². The number of fused-ring (bicyclic) bond motifs is 1. The van der Waals surface area contributed by atoms with Gasteiger partial charge in [0.15, 0.2) is 0 Å². The average molecular weight is 803 g/mol. The zero-order valence-electron chi connectivity index (χ0n) is 37.6. The number of imide groups is 2. The minimum Gasteiger partial charge on any atom is -0.269 e. The Morgan fingerprint density at radius 1 is 0.517 bits per heavy atom. The highest BCUT2D eigenvalue weighted by Gasteiger charge is 2.46. The summed E-state index contributed by atoms with van der Waals surface area (Å²) in [6.07, 6.45) is 11.0. The maximum Gasteiger partial charge on any atom is 0.258 e. The molecule has 1 aliphatic carbocycles. The summed E-state index contributed by atoms with van der Waals surface area (Å²) >= 11 is 0. The zero-order chi connectivity index (χ0) is 43.5. The van der Waals surface area contributed by atoms with Crippen LogP contribution in [0.15, 0.2) is 91.0 Å². The van der Waals surface area contributed by atoms with Gasteiger partial charge in [0.25, 0.3) is 23.6 Å². The van der Waals surface area contributed by atoms with E-state index in [1.165, 1.54) is 73.0 Å². The molecule has 2 heterocycles. The first kappa shape index (κ1) is 42.8. The van der Waals surface area contributed by atoms with Crippen molar-refractivity contribution in [2.24, 2.45) is 0 Å². The van der Waals surface area contributed by atoms with Gasteiger partial charge in [0.1, 0.15) is 0 Å². The molecule has 3 aliphatic rings. The number of carbonyl (C=O) groups is 4. The number of benzene rings is 4. The normalized spacial score (nSPS) is 18.7. The Bertz CT molecular complexity index is 2410. The Hall–Kier alpha value is -5.36. The van der Waals surface area contributed by atoms with Gasteiger partial charge < -0.3 is 0 Å². The summed E-state index contributed by atoms with van der Waals surface area (Å²) in [7, 11) is 0. The van der Waals surface area contributed by atoms with Crippen molar-refractivity contribution in [3.8, 4) is 0 Å². The molecule has 2 aliphatic heterocycles. The number of nitrogens with zero attached hydrogens (tertiary/aromatic N) is 2. The maximum absolute atomic E-state index is 12.7. The minimum atomic E-state index is -0.270. The number of amides is 4. The molecule has 1 atom stereocenters. The van der Waals surface area contributed by atoms with Crippen LogP contribution in [0.3, 0.4) is 0 Å². The number of hydrogen-bond donors (Lipinski definition) is 0. The topological polar surface area (TPSA) is 74.8 Å². The van der Waals surface area contributed by atoms with Crippen molar-refractivity contribution in [2.75, 3.05) is 9.80 Å². The van der Waals surface area contributed by atoms with Crippen molar-refractivity contribution in [2.45, 2.75) is 143 Å². The van der Waals surface area contributed by atoms with Gasteiger partial charge in [0.2, 0.25) is 0 Å². The highest BCUT2D eigenvalue weighted by Crippen LogP contribution is 2.54. The van der Waals surface area contributed by atoms with E-state index in [-0.39, 0.29) is 45.3 Å². The zero-order valence-corrected chi connectivity index (χ0v) is 37.6. The summed E-state index contributed by atoms with van der Waals surface area (Å²) in [4.78, 5) is 53.6. The van der Waals surface area contributed by atoms with E-state index in [0.717, 1.165) is 78.6 Å². The van der Waals surface area contributed by atoms with E-state index in [2.05, 4.69) is 143 Å². The summed E-state index contributed by atoms with van der Waals surface area (Å²) in [5, 5.41) is 0. The van der Waals surface area contributed by atoms with E-state index in [4.69, 9.17) is 0 Å². The van der Waals surface area contributed by atoms with Crippen LogP contribution >= 0.6 is 0 Å². The first-order valence-electron chi connectivity index (χ1n) is 22.0. The third-order valence-corrected chi connectivity index (χ3v) is 13.7. The Balaban J connectivity index is 1.17. The van der Waals surface area contributed by atoms with Crippen molar-refractivity contribution in [3.05, 3.63) is 152 Å². The molecule has 312 valence electrons. The highest BCUT2D eigenvalue weighted by atomic mass is 16.2. The molecule has 0 saturated heterocycles. The van der Waals surface area contributed by atoms with Crippen LogP contribution < -0.4 is 9.80 Å². The summed E-state index contributed by atoms with van der Waals surface area (Å²) < 4.78 is 0. The Kier molecular flexibility index (Phi) is 11.1. The van der Waals surface area contributed by atoms with Gasteiger partial charge in [-0.1, -0.05) is 143 Å². The van der Waals surface area contributed by atoms with Gasteiger partial charge in [-0.05, 0) is 122 Å². The van der Waals surface area contributed by atoms with Crippen LogP contribution in [-0.2, 0) is 79.4 Å². The third-order valence-electron chi connectivity index (χ3n) is 13.7. The molecule has 0 spiro atoms. The first-order chi connectivity index (χ1) is 28.3. The lowest BCUT2D eigenvalue weighted by Gasteiger charge is -2.32. The van der Waals surface area contributed by atoms with E-state index >= 15 is 0 Å². The Morgan fingerprint density at radius 3 is 1.32 bits per heavy atom. The van der Waals surface area contributed by atoms with Gasteiger partial charge >= 0.3 is 0 Å². The molecule has 0 N–H and O–H groups in total. The van der Waals surface area contributed by atoms with E-state index in [1.807, 2.05) is 0 Å². The summed E-state index contributed by atoms with van der Waals surface area (Å²) in [5.74, 6) is -1.08. The molecule has 60 heavy (non-hydrogen) atoms. The molecule has 0 saturated carbocycles. The number of hydrogen-bond acceptors (Lipinski definition) is 4. The molecule has 6 heteroatoms. The quantitative estimate of drug-likeness (QED) is 0.126.